The molecule has 0 radical (unpaired) electrons. The molecule has 10 heavy (non-hydrogen) atoms. The van der Waals surface area contributed by atoms with Gasteiger partial charge in [-0.15, -0.1) is 0 Å². The van der Waals surface area contributed by atoms with Crippen LogP contribution in [0, 0.1) is 0 Å². The van der Waals surface area contributed by atoms with Gasteiger partial charge < -0.3 is 4.53 Å². The summed E-state index contributed by atoms with van der Waals surface area (Å²) in [4.78, 5) is 0. The Kier molecular flexibility index (Phi) is 3.86. The summed E-state index contributed by atoms with van der Waals surface area (Å²) in [6, 6.07) is 0. The van der Waals surface area contributed by atoms with Gasteiger partial charge in [0.05, 0.1) is 0 Å². The van der Waals surface area contributed by atoms with Crippen molar-refractivity contribution in [2.24, 2.45) is 0 Å². The van der Waals surface area contributed by atoms with Gasteiger partial charge in [0, 0.05) is 7.05 Å². The maximum absolute atomic E-state index is 5.35. The van der Waals surface area contributed by atoms with Gasteiger partial charge in [-0.25, -0.2) is 5.48 Å². The van der Waals surface area contributed by atoms with E-state index >= 15 is 0 Å². The third-order valence-electron chi connectivity index (χ3n) is 1.00. The summed E-state index contributed by atoms with van der Waals surface area (Å²) in [7, 11) is 0.260. The normalized spacial score (nSPS) is 11.3. The quantitative estimate of drug-likeness (QED) is 0.501. The zero-order valence-electron chi connectivity index (χ0n) is 7.49. The van der Waals surface area contributed by atoms with Crippen LogP contribution >= 0.6 is 0 Å². The molecule has 0 aromatic carbocycles. The summed E-state index contributed by atoms with van der Waals surface area (Å²) in [6.07, 6.45) is 0. The molecule has 0 unspecified atom stereocenters. The van der Waals surface area contributed by atoms with E-state index in [9.17, 15) is 0 Å². The molecule has 0 saturated heterocycles. The average Bonchev–Trinajstić information content (AvgIpc) is 1.59. The molecule has 0 aliphatic rings. The number of rotatable bonds is 3. The van der Waals surface area contributed by atoms with E-state index in [0.29, 0.717) is 0 Å². The fourth-order valence-corrected chi connectivity index (χ4v) is 2.96. The van der Waals surface area contributed by atoms with E-state index in [1.54, 1.807) is 7.05 Å². The highest BCUT2D eigenvalue weighted by molar-refractivity contribution is 6.76. The van der Waals surface area contributed by atoms with Crippen LogP contribution in [0.15, 0.2) is 11.3 Å². The molecule has 2 nitrogen and oxygen atoms in total. The molecule has 0 aliphatic carbocycles. The second-order valence-electron chi connectivity index (χ2n) is 3.13. The van der Waals surface area contributed by atoms with E-state index in [0.717, 1.165) is 0 Å². The molecule has 60 valence electrons. The molecule has 0 aromatic rings. The van der Waals surface area contributed by atoms with Gasteiger partial charge in [-0.05, 0) is 26.9 Å². The molecule has 0 spiro atoms. The number of nitrogens with one attached hydrogen (secondary N) is 1. The highest BCUT2D eigenvalue weighted by Gasteiger charge is 2.18. The van der Waals surface area contributed by atoms with E-state index in [2.05, 4.69) is 38.1 Å². The van der Waals surface area contributed by atoms with Crippen molar-refractivity contribution in [2.75, 3.05) is 7.05 Å². The summed E-state index contributed by atoms with van der Waals surface area (Å²) in [5, 5.41) is 0. The number of hydroxylamine groups is 1. The molecule has 0 aliphatic heterocycles. The third-order valence-corrected chi connectivity index (χ3v) is 3.00. The Balaban J connectivity index is 3.98. The van der Waals surface area contributed by atoms with Crippen molar-refractivity contribution in [3.63, 3.8) is 0 Å². The monoisotopic (exact) mass is 159 g/mol. The molecular formula is C7H17NOSi. The van der Waals surface area contributed by atoms with Crippen LogP contribution in [0.2, 0.25) is 13.1 Å². The molecule has 0 saturated carbocycles. The van der Waals surface area contributed by atoms with Gasteiger partial charge in [0.1, 0.15) is 0 Å². The maximum atomic E-state index is 5.35. The molecule has 3 heteroatoms. The molecule has 0 fully saturated rings. The van der Waals surface area contributed by atoms with E-state index in [1.807, 2.05) is 0 Å². The van der Waals surface area contributed by atoms with Crippen molar-refractivity contribution in [1.82, 2.24) is 5.48 Å². The predicted molar refractivity (Wildman–Crippen MR) is 47.1 cm³/mol. The van der Waals surface area contributed by atoms with Gasteiger partial charge in [-0.2, -0.15) is 0 Å². The summed E-state index contributed by atoms with van der Waals surface area (Å²) < 4.78 is 5.35. The highest BCUT2D eigenvalue weighted by Crippen LogP contribution is 2.06. The van der Waals surface area contributed by atoms with Crippen molar-refractivity contribution in [3.05, 3.63) is 11.3 Å². The van der Waals surface area contributed by atoms with Crippen LogP contribution in [0.25, 0.3) is 0 Å². The van der Waals surface area contributed by atoms with Crippen molar-refractivity contribution in [2.45, 2.75) is 26.9 Å². The lowest BCUT2D eigenvalue weighted by molar-refractivity contribution is 0.218. The maximum Gasteiger partial charge on any atom is 0.238 e. The van der Waals surface area contributed by atoms with Crippen molar-refractivity contribution in [1.29, 1.82) is 0 Å². The van der Waals surface area contributed by atoms with Gasteiger partial charge in [-0.3, -0.25) is 0 Å². The fourth-order valence-electron chi connectivity index (χ4n) is 0.988. The fraction of sp³-hybridized carbons (Fsp3) is 0.714. The largest absolute Gasteiger partial charge is 0.341 e. The molecule has 1 N–H and O–H groups in total. The highest BCUT2D eigenvalue weighted by atomic mass is 28.4. The minimum Gasteiger partial charge on any atom is -0.341 e. The molecule has 0 atom stereocenters. The summed E-state index contributed by atoms with van der Waals surface area (Å²) in [5.74, 6) is 0. The lowest BCUT2D eigenvalue weighted by Crippen LogP contribution is -2.33. The Labute approximate surface area is 64.4 Å². The van der Waals surface area contributed by atoms with Gasteiger partial charge >= 0.3 is 0 Å². The van der Waals surface area contributed by atoms with E-state index in [4.69, 9.17) is 4.53 Å². The summed E-state index contributed by atoms with van der Waals surface area (Å²) in [6.45, 7) is 8.48. The van der Waals surface area contributed by atoms with Gasteiger partial charge in [-0.1, -0.05) is 11.3 Å². The number of hydrogen-bond donors (Lipinski definition) is 1. The van der Waals surface area contributed by atoms with Crippen LogP contribution in [-0.2, 0) is 4.53 Å². The molecule has 0 amide bonds. The number of hydrogen-bond acceptors (Lipinski definition) is 2. The molecule has 0 rings (SSSR count). The zero-order chi connectivity index (χ0) is 8.20. The minimum absolute atomic E-state index is 1.33. The molecule has 0 heterocycles. The molecule has 0 bridgehead atoms. The zero-order valence-corrected chi connectivity index (χ0v) is 8.49. The first-order valence-corrected chi connectivity index (χ1v) is 6.47. The second-order valence-corrected chi connectivity index (χ2v) is 6.83. The SMILES string of the molecule is CNO[Si](C)(C)C=C(C)C. The summed E-state index contributed by atoms with van der Waals surface area (Å²) in [5.41, 5.74) is 6.27. The average molecular weight is 159 g/mol. The van der Waals surface area contributed by atoms with E-state index in [-0.39, 0.29) is 0 Å². The Hall–Kier alpha value is -0.123. The second kappa shape index (κ2) is 3.90. The minimum atomic E-state index is -1.54. The first-order valence-electron chi connectivity index (χ1n) is 3.49. The van der Waals surface area contributed by atoms with Crippen LogP contribution in [0.3, 0.4) is 0 Å². The Morgan fingerprint density at radius 3 is 2.20 bits per heavy atom. The topological polar surface area (TPSA) is 21.3 Å². The van der Waals surface area contributed by atoms with E-state index < -0.39 is 8.32 Å². The summed E-state index contributed by atoms with van der Waals surface area (Å²) >= 11 is 0. The predicted octanol–water partition coefficient (Wildman–Crippen LogP) is 1.85. The Morgan fingerprint density at radius 1 is 1.40 bits per heavy atom. The van der Waals surface area contributed by atoms with Gasteiger partial charge in [0.25, 0.3) is 0 Å². The van der Waals surface area contributed by atoms with Crippen molar-refractivity contribution < 1.29 is 4.53 Å². The lowest BCUT2D eigenvalue weighted by Gasteiger charge is -2.17. The van der Waals surface area contributed by atoms with Crippen LogP contribution in [0.5, 0.6) is 0 Å². The van der Waals surface area contributed by atoms with Crippen molar-refractivity contribution >= 4 is 8.32 Å². The van der Waals surface area contributed by atoms with Gasteiger partial charge in [0.2, 0.25) is 8.32 Å². The first-order chi connectivity index (χ1) is 4.48. The smallest absolute Gasteiger partial charge is 0.238 e. The first kappa shape index (κ1) is 9.88. The van der Waals surface area contributed by atoms with Gasteiger partial charge in [0.15, 0.2) is 0 Å². The van der Waals surface area contributed by atoms with Crippen LogP contribution < -0.4 is 5.48 Å². The van der Waals surface area contributed by atoms with Crippen molar-refractivity contribution in [3.8, 4) is 0 Å². The Morgan fingerprint density at radius 2 is 1.90 bits per heavy atom. The standard InChI is InChI=1S/C7H17NOSi/c1-7(2)6-10(4,5)9-8-3/h6,8H,1-5H3. The lowest BCUT2D eigenvalue weighted by atomic mass is 10.4. The molecule has 0 aromatic heterocycles. The number of allylic oxidation sites excluding steroid dienone is 1. The van der Waals surface area contributed by atoms with Crippen LogP contribution in [-0.4, -0.2) is 15.4 Å². The van der Waals surface area contributed by atoms with Crippen LogP contribution in [0.4, 0.5) is 0 Å². The third kappa shape index (κ3) is 4.73. The van der Waals surface area contributed by atoms with Crippen LogP contribution in [0.1, 0.15) is 13.8 Å². The Bertz CT molecular complexity index is 128. The van der Waals surface area contributed by atoms with E-state index in [1.165, 1.54) is 5.57 Å². The molecular weight excluding hydrogens is 142 g/mol.